The Kier molecular flexibility index (Phi) is 6.50. The minimum absolute atomic E-state index is 0.185. The fourth-order valence-corrected chi connectivity index (χ4v) is 4.70. The molecule has 3 aromatic rings. The van der Waals surface area contributed by atoms with E-state index in [1.807, 2.05) is 6.07 Å². The van der Waals surface area contributed by atoms with E-state index in [0.29, 0.717) is 27.9 Å². The molecule has 9 heteroatoms. The molecule has 0 aliphatic rings. The lowest BCUT2D eigenvalue weighted by Gasteiger charge is -2.08. The van der Waals surface area contributed by atoms with Crippen LogP contribution < -0.4 is 14.8 Å². The average Bonchev–Trinajstić information content (AvgIpc) is 3.15. The fourth-order valence-electron chi connectivity index (χ4n) is 2.69. The summed E-state index contributed by atoms with van der Waals surface area (Å²) in [6.07, 6.45) is 0. The summed E-state index contributed by atoms with van der Waals surface area (Å²) in [5.41, 5.74) is 2.07. The Hall–Kier alpha value is -2.91. The number of carbonyl (C=O) groups excluding carboxylic acids is 1. The first-order valence-corrected chi connectivity index (χ1v) is 11.3. The number of thiazole rings is 1. The van der Waals surface area contributed by atoms with E-state index in [-0.39, 0.29) is 5.75 Å². The van der Waals surface area contributed by atoms with Gasteiger partial charge >= 0.3 is 0 Å². The van der Waals surface area contributed by atoms with Crippen molar-refractivity contribution in [2.24, 2.45) is 0 Å². The van der Waals surface area contributed by atoms with Crippen molar-refractivity contribution in [2.45, 2.75) is 5.75 Å². The SMILES string of the molecule is COc1ccc(-c2csc(NC(=O)CS(=O)(=O)Cc3ccccc3)n2)cc1OC. The van der Waals surface area contributed by atoms with Gasteiger partial charge in [0, 0.05) is 10.9 Å². The highest BCUT2D eigenvalue weighted by Gasteiger charge is 2.19. The quantitative estimate of drug-likeness (QED) is 0.586. The Labute approximate surface area is 173 Å². The van der Waals surface area contributed by atoms with E-state index in [2.05, 4.69) is 10.3 Å². The molecule has 1 N–H and O–H groups in total. The third-order valence-electron chi connectivity index (χ3n) is 4.01. The summed E-state index contributed by atoms with van der Waals surface area (Å²) < 4.78 is 35.0. The molecule has 0 saturated heterocycles. The largest absolute Gasteiger partial charge is 0.493 e. The van der Waals surface area contributed by atoms with Crippen LogP contribution >= 0.6 is 11.3 Å². The molecule has 29 heavy (non-hydrogen) atoms. The molecule has 1 heterocycles. The molecule has 0 saturated carbocycles. The molecule has 0 bridgehead atoms. The predicted octanol–water partition coefficient (Wildman–Crippen LogP) is 3.38. The first kappa shape index (κ1) is 20.8. The minimum atomic E-state index is -3.58. The highest BCUT2D eigenvalue weighted by atomic mass is 32.2. The van der Waals surface area contributed by atoms with Gasteiger partial charge in [0.15, 0.2) is 26.5 Å². The summed E-state index contributed by atoms with van der Waals surface area (Å²) in [6.45, 7) is 0. The van der Waals surface area contributed by atoms with Crippen LogP contribution in [-0.4, -0.2) is 39.3 Å². The van der Waals surface area contributed by atoms with Crippen LogP contribution in [0, 0.1) is 0 Å². The van der Waals surface area contributed by atoms with Crippen molar-refractivity contribution in [2.75, 3.05) is 25.3 Å². The van der Waals surface area contributed by atoms with Crippen LogP contribution in [-0.2, 0) is 20.4 Å². The summed E-state index contributed by atoms with van der Waals surface area (Å²) in [5.74, 6) is -0.239. The summed E-state index contributed by atoms with van der Waals surface area (Å²) in [7, 11) is -0.480. The monoisotopic (exact) mass is 432 g/mol. The van der Waals surface area contributed by atoms with Crippen molar-refractivity contribution >= 4 is 32.2 Å². The Morgan fingerprint density at radius 2 is 1.79 bits per heavy atom. The highest BCUT2D eigenvalue weighted by molar-refractivity contribution is 7.91. The van der Waals surface area contributed by atoms with E-state index >= 15 is 0 Å². The molecule has 7 nitrogen and oxygen atoms in total. The molecule has 3 rings (SSSR count). The molecule has 0 radical (unpaired) electrons. The van der Waals surface area contributed by atoms with Gasteiger partial charge in [-0.15, -0.1) is 11.3 Å². The lowest BCUT2D eigenvalue weighted by atomic mass is 10.1. The highest BCUT2D eigenvalue weighted by Crippen LogP contribution is 2.33. The number of aromatic nitrogens is 1. The van der Waals surface area contributed by atoms with Crippen molar-refractivity contribution < 1.29 is 22.7 Å². The Morgan fingerprint density at radius 3 is 2.48 bits per heavy atom. The number of benzene rings is 2. The Balaban J connectivity index is 1.66. The van der Waals surface area contributed by atoms with Crippen LogP contribution in [0.15, 0.2) is 53.9 Å². The van der Waals surface area contributed by atoms with Gasteiger partial charge in [-0.2, -0.15) is 0 Å². The van der Waals surface area contributed by atoms with Crippen LogP contribution in [0.3, 0.4) is 0 Å². The van der Waals surface area contributed by atoms with Crippen LogP contribution in [0.5, 0.6) is 11.5 Å². The van der Waals surface area contributed by atoms with Gasteiger partial charge in [-0.05, 0) is 23.8 Å². The molecule has 1 aromatic heterocycles. The second-order valence-corrected chi connectivity index (χ2v) is 9.10. The molecule has 0 aliphatic heterocycles. The second-order valence-electron chi connectivity index (χ2n) is 6.17. The van der Waals surface area contributed by atoms with Crippen molar-refractivity contribution in [3.8, 4) is 22.8 Å². The molecule has 2 aromatic carbocycles. The van der Waals surface area contributed by atoms with E-state index in [1.165, 1.54) is 11.3 Å². The van der Waals surface area contributed by atoms with Crippen LogP contribution in [0.2, 0.25) is 0 Å². The molecule has 0 unspecified atom stereocenters. The normalized spacial score (nSPS) is 11.1. The van der Waals surface area contributed by atoms with Gasteiger partial charge in [0.25, 0.3) is 0 Å². The average molecular weight is 433 g/mol. The third-order valence-corrected chi connectivity index (χ3v) is 6.24. The van der Waals surface area contributed by atoms with Gasteiger partial charge in [0.2, 0.25) is 5.91 Å². The molecule has 1 amide bonds. The molecule has 0 aliphatic carbocycles. The topological polar surface area (TPSA) is 94.6 Å². The number of nitrogens with zero attached hydrogens (tertiary/aromatic N) is 1. The summed E-state index contributed by atoms with van der Waals surface area (Å²) in [4.78, 5) is 16.5. The van der Waals surface area contributed by atoms with Gasteiger partial charge in [-0.25, -0.2) is 13.4 Å². The van der Waals surface area contributed by atoms with Gasteiger partial charge in [0.1, 0.15) is 5.75 Å². The van der Waals surface area contributed by atoms with Gasteiger partial charge in [0.05, 0.1) is 25.7 Å². The minimum Gasteiger partial charge on any atom is -0.493 e. The maximum absolute atomic E-state index is 12.3. The lowest BCUT2D eigenvalue weighted by Crippen LogP contribution is -2.23. The van der Waals surface area contributed by atoms with E-state index in [1.54, 1.807) is 62.1 Å². The fraction of sp³-hybridized carbons (Fsp3) is 0.200. The Morgan fingerprint density at radius 1 is 1.07 bits per heavy atom. The predicted molar refractivity (Wildman–Crippen MR) is 113 cm³/mol. The van der Waals surface area contributed by atoms with Gasteiger partial charge < -0.3 is 14.8 Å². The zero-order valence-corrected chi connectivity index (χ0v) is 17.5. The van der Waals surface area contributed by atoms with Crippen LogP contribution in [0.1, 0.15) is 5.56 Å². The first-order chi connectivity index (χ1) is 13.9. The number of rotatable bonds is 8. The summed E-state index contributed by atoms with van der Waals surface area (Å²) >= 11 is 1.22. The number of sulfone groups is 1. The van der Waals surface area contributed by atoms with Gasteiger partial charge in [-0.1, -0.05) is 30.3 Å². The maximum Gasteiger partial charge on any atom is 0.241 e. The molecular formula is C20H20N2O5S2. The van der Waals surface area contributed by atoms with Crippen molar-refractivity contribution in [3.05, 3.63) is 59.5 Å². The smallest absolute Gasteiger partial charge is 0.241 e. The molecule has 152 valence electrons. The van der Waals surface area contributed by atoms with Crippen LogP contribution in [0.4, 0.5) is 5.13 Å². The van der Waals surface area contributed by atoms with Crippen LogP contribution in [0.25, 0.3) is 11.3 Å². The number of methoxy groups -OCH3 is 2. The van der Waals surface area contributed by atoms with E-state index in [4.69, 9.17) is 9.47 Å². The number of hydrogen-bond donors (Lipinski definition) is 1. The van der Waals surface area contributed by atoms with E-state index in [9.17, 15) is 13.2 Å². The number of amides is 1. The zero-order chi connectivity index (χ0) is 20.9. The lowest BCUT2D eigenvalue weighted by molar-refractivity contribution is -0.113. The number of hydrogen-bond acceptors (Lipinski definition) is 7. The summed E-state index contributed by atoms with van der Waals surface area (Å²) in [5, 5.41) is 4.66. The van der Waals surface area contributed by atoms with Crippen molar-refractivity contribution in [1.82, 2.24) is 4.98 Å². The second kappa shape index (κ2) is 9.06. The number of nitrogens with one attached hydrogen (secondary N) is 1. The molecule has 0 fully saturated rings. The van der Waals surface area contributed by atoms with Crippen molar-refractivity contribution in [1.29, 1.82) is 0 Å². The molecule has 0 atom stereocenters. The Bertz CT molecular complexity index is 1100. The van der Waals surface area contributed by atoms with Gasteiger partial charge in [-0.3, -0.25) is 4.79 Å². The van der Waals surface area contributed by atoms with E-state index in [0.717, 1.165) is 5.56 Å². The van der Waals surface area contributed by atoms with Crippen molar-refractivity contribution in [3.63, 3.8) is 0 Å². The number of anilines is 1. The number of carbonyl (C=O) groups is 1. The third kappa shape index (κ3) is 5.55. The number of ether oxygens (including phenoxy) is 2. The first-order valence-electron chi connectivity index (χ1n) is 8.62. The molecular weight excluding hydrogens is 412 g/mol. The van der Waals surface area contributed by atoms with E-state index < -0.39 is 21.5 Å². The molecule has 0 spiro atoms. The standard InChI is InChI=1S/C20H20N2O5S2/c1-26-17-9-8-15(10-18(17)27-2)16-11-28-20(21-16)22-19(23)13-29(24,25)12-14-6-4-3-5-7-14/h3-11H,12-13H2,1-2H3,(H,21,22,23). The summed E-state index contributed by atoms with van der Waals surface area (Å²) in [6, 6.07) is 14.1. The zero-order valence-electron chi connectivity index (χ0n) is 15.9. The maximum atomic E-state index is 12.3.